The summed E-state index contributed by atoms with van der Waals surface area (Å²) >= 11 is 0. The normalized spacial score (nSPS) is 11.0. The summed E-state index contributed by atoms with van der Waals surface area (Å²) < 4.78 is 7.86. The minimum atomic E-state index is -1.02. The first-order valence-electron chi connectivity index (χ1n) is 9.57. The smallest absolute Gasteiger partial charge is 0.354 e. The van der Waals surface area contributed by atoms with Crippen molar-refractivity contribution in [3.8, 4) is 17.0 Å². The van der Waals surface area contributed by atoms with Crippen molar-refractivity contribution in [3.63, 3.8) is 0 Å². The number of hydrogen-bond donors (Lipinski definition) is 1. The second-order valence-electron chi connectivity index (χ2n) is 6.86. The molecule has 146 valence electrons. The molecule has 0 bridgehead atoms. The van der Waals surface area contributed by atoms with Crippen molar-refractivity contribution in [1.29, 1.82) is 0 Å². The number of nitrogens with zero attached hydrogens (tertiary/aromatic N) is 2. The van der Waals surface area contributed by atoms with Crippen molar-refractivity contribution in [2.24, 2.45) is 7.05 Å². The fourth-order valence-electron chi connectivity index (χ4n) is 3.77. The molecule has 29 heavy (non-hydrogen) atoms. The van der Waals surface area contributed by atoms with E-state index in [1.165, 1.54) is 6.07 Å². The Balaban J connectivity index is 1.91. The summed E-state index contributed by atoms with van der Waals surface area (Å²) in [7, 11) is 2.05. The third-order valence-electron chi connectivity index (χ3n) is 5.02. The minimum absolute atomic E-state index is 0.0580. The van der Waals surface area contributed by atoms with E-state index in [9.17, 15) is 9.90 Å². The molecule has 4 aromatic rings. The first-order valence-corrected chi connectivity index (χ1v) is 9.57. The lowest BCUT2D eigenvalue weighted by Gasteiger charge is -2.09. The van der Waals surface area contributed by atoms with Crippen LogP contribution in [-0.2, 0) is 13.5 Å². The number of aromatic nitrogens is 2. The number of rotatable bonds is 6. The van der Waals surface area contributed by atoms with Gasteiger partial charge in [0.15, 0.2) is 0 Å². The molecule has 2 heterocycles. The van der Waals surface area contributed by atoms with Gasteiger partial charge in [-0.05, 0) is 42.3 Å². The van der Waals surface area contributed by atoms with Crippen molar-refractivity contribution >= 4 is 16.9 Å². The van der Waals surface area contributed by atoms with Crippen molar-refractivity contribution < 1.29 is 14.6 Å². The molecular formula is C24H22N2O3. The zero-order chi connectivity index (χ0) is 20.4. The van der Waals surface area contributed by atoms with Crippen LogP contribution in [0.1, 0.15) is 28.7 Å². The van der Waals surface area contributed by atoms with E-state index < -0.39 is 5.97 Å². The van der Waals surface area contributed by atoms with Gasteiger partial charge in [0.05, 0.1) is 17.8 Å². The summed E-state index contributed by atoms with van der Waals surface area (Å²) in [6.07, 6.45) is 0.538. The monoisotopic (exact) mass is 386 g/mol. The lowest BCUT2D eigenvalue weighted by Crippen LogP contribution is -2.03. The van der Waals surface area contributed by atoms with Gasteiger partial charge in [0.1, 0.15) is 11.4 Å². The molecule has 0 spiro atoms. The molecule has 1 N–H and O–H groups in total. The van der Waals surface area contributed by atoms with Gasteiger partial charge < -0.3 is 14.4 Å². The number of carboxylic acid groups (broad SMARTS) is 1. The van der Waals surface area contributed by atoms with Crippen LogP contribution in [0, 0.1) is 0 Å². The second-order valence-corrected chi connectivity index (χ2v) is 6.86. The van der Waals surface area contributed by atoms with Crippen molar-refractivity contribution in [3.05, 3.63) is 83.7 Å². The molecule has 2 aromatic carbocycles. The molecule has 0 aliphatic carbocycles. The summed E-state index contributed by atoms with van der Waals surface area (Å²) in [5.41, 5.74) is 5.17. The number of carbonyl (C=O) groups is 1. The van der Waals surface area contributed by atoms with Gasteiger partial charge in [0.2, 0.25) is 0 Å². The van der Waals surface area contributed by atoms with Crippen LogP contribution in [0.15, 0.2) is 66.7 Å². The Hall–Kier alpha value is -3.60. The van der Waals surface area contributed by atoms with Crippen LogP contribution in [0.3, 0.4) is 0 Å². The van der Waals surface area contributed by atoms with E-state index >= 15 is 0 Å². The van der Waals surface area contributed by atoms with E-state index in [1.807, 2.05) is 44.3 Å². The van der Waals surface area contributed by atoms with Crippen LogP contribution in [0.5, 0.6) is 5.75 Å². The van der Waals surface area contributed by atoms with E-state index in [2.05, 4.69) is 33.8 Å². The van der Waals surface area contributed by atoms with Gasteiger partial charge in [-0.3, -0.25) is 0 Å². The highest BCUT2D eigenvalue weighted by atomic mass is 16.5. The topological polar surface area (TPSA) is 64.3 Å². The van der Waals surface area contributed by atoms with E-state index in [4.69, 9.17) is 4.74 Å². The van der Waals surface area contributed by atoms with Gasteiger partial charge >= 0.3 is 5.97 Å². The SMILES string of the molecule is CCOc1ccc2c(Cc3cccc(C(=O)O)n3)c(-c3ccccc3)n(C)c2c1. The molecule has 2 aromatic heterocycles. The molecule has 5 nitrogen and oxygen atoms in total. The van der Waals surface area contributed by atoms with E-state index in [-0.39, 0.29) is 5.69 Å². The van der Waals surface area contributed by atoms with Gasteiger partial charge in [0.25, 0.3) is 0 Å². The number of hydrogen-bond acceptors (Lipinski definition) is 3. The van der Waals surface area contributed by atoms with Crippen LogP contribution in [-0.4, -0.2) is 27.2 Å². The fraction of sp³-hybridized carbons (Fsp3) is 0.167. The molecule has 0 atom stereocenters. The Bertz CT molecular complexity index is 1180. The fourth-order valence-corrected chi connectivity index (χ4v) is 3.77. The average Bonchev–Trinajstić information content (AvgIpc) is 3.00. The Morgan fingerprint density at radius 2 is 1.86 bits per heavy atom. The van der Waals surface area contributed by atoms with Gasteiger partial charge in [0, 0.05) is 30.6 Å². The van der Waals surface area contributed by atoms with Gasteiger partial charge in [-0.15, -0.1) is 0 Å². The Kier molecular flexibility index (Phi) is 5.04. The zero-order valence-electron chi connectivity index (χ0n) is 16.4. The molecular weight excluding hydrogens is 364 g/mol. The average molecular weight is 386 g/mol. The number of aromatic carboxylic acids is 1. The molecule has 0 aliphatic rings. The summed E-state index contributed by atoms with van der Waals surface area (Å²) in [5, 5.41) is 10.4. The summed E-state index contributed by atoms with van der Waals surface area (Å²) in [6, 6.07) is 21.4. The first kappa shape index (κ1) is 18.7. The van der Waals surface area contributed by atoms with Crippen LogP contribution in [0.2, 0.25) is 0 Å². The number of carboxylic acids is 1. The van der Waals surface area contributed by atoms with Crippen LogP contribution in [0.4, 0.5) is 0 Å². The Morgan fingerprint density at radius 1 is 1.07 bits per heavy atom. The van der Waals surface area contributed by atoms with E-state index in [0.29, 0.717) is 13.0 Å². The highest BCUT2D eigenvalue weighted by Crippen LogP contribution is 2.36. The largest absolute Gasteiger partial charge is 0.494 e. The standard InChI is InChI=1S/C24H22N2O3/c1-3-29-18-12-13-19-20(14-17-10-7-11-21(25-17)24(27)28)23(26(2)22(19)15-18)16-8-5-4-6-9-16/h4-13,15H,3,14H2,1-2H3,(H,27,28). The third-order valence-corrected chi connectivity index (χ3v) is 5.02. The van der Waals surface area contributed by atoms with Crippen LogP contribution < -0.4 is 4.74 Å². The summed E-state index contributed by atoms with van der Waals surface area (Å²) in [4.78, 5) is 15.7. The lowest BCUT2D eigenvalue weighted by atomic mass is 10.0. The Labute approximate surface area is 169 Å². The molecule has 4 rings (SSSR count). The lowest BCUT2D eigenvalue weighted by molar-refractivity contribution is 0.0690. The molecule has 5 heteroatoms. The van der Waals surface area contributed by atoms with Crippen molar-refractivity contribution in [2.75, 3.05) is 6.61 Å². The van der Waals surface area contributed by atoms with Gasteiger partial charge in [-0.1, -0.05) is 36.4 Å². The van der Waals surface area contributed by atoms with E-state index in [1.54, 1.807) is 6.07 Å². The highest BCUT2D eigenvalue weighted by Gasteiger charge is 2.18. The molecule has 0 fully saturated rings. The number of fused-ring (bicyclic) bond motifs is 1. The van der Waals surface area contributed by atoms with Crippen molar-refractivity contribution in [1.82, 2.24) is 9.55 Å². The molecule has 0 saturated heterocycles. The molecule has 0 amide bonds. The first-order chi connectivity index (χ1) is 14.1. The zero-order valence-corrected chi connectivity index (χ0v) is 16.4. The number of aryl methyl sites for hydroxylation is 1. The summed E-state index contributed by atoms with van der Waals surface area (Å²) in [5.74, 6) is -0.188. The molecule has 0 unspecified atom stereocenters. The predicted octanol–water partition coefficient (Wildman–Crippen LogP) is 4.93. The maximum Gasteiger partial charge on any atom is 0.354 e. The second kappa shape index (κ2) is 7.80. The summed E-state index contributed by atoms with van der Waals surface area (Å²) in [6.45, 7) is 2.58. The number of ether oxygens (including phenoxy) is 1. The quantitative estimate of drug-likeness (QED) is 0.510. The minimum Gasteiger partial charge on any atom is -0.494 e. The van der Waals surface area contributed by atoms with Gasteiger partial charge in [-0.25, -0.2) is 9.78 Å². The van der Waals surface area contributed by atoms with Crippen LogP contribution >= 0.6 is 0 Å². The van der Waals surface area contributed by atoms with Crippen molar-refractivity contribution in [2.45, 2.75) is 13.3 Å². The Morgan fingerprint density at radius 3 is 2.59 bits per heavy atom. The maximum atomic E-state index is 11.3. The molecule has 0 aliphatic heterocycles. The van der Waals surface area contributed by atoms with E-state index in [0.717, 1.165) is 39.2 Å². The highest BCUT2D eigenvalue weighted by molar-refractivity contribution is 5.93. The maximum absolute atomic E-state index is 11.3. The molecule has 0 radical (unpaired) electrons. The number of pyridine rings is 1. The van der Waals surface area contributed by atoms with Gasteiger partial charge in [-0.2, -0.15) is 0 Å². The number of benzene rings is 2. The van der Waals surface area contributed by atoms with Crippen LogP contribution in [0.25, 0.3) is 22.2 Å². The molecule has 0 saturated carbocycles. The third kappa shape index (κ3) is 3.59. The predicted molar refractivity (Wildman–Crippen MR) is 114 cm³/mol.